The highest BCUT2D eigenvalue weighted by molar-refractivity contribution is 9.10. The molecule has 1 aliphatic heterocycles. The average molecular weight is 316 g/mol. The van der Waals surface area contributed by atoms with Crippen LogP contribution in [0.1, 0.15) is 16.8 Å². The molecule has 0 spiro atoms. The Morgan fingerprint density at radius 3 is 2.76 bits per heavy atom. The highest BCUT2D eigenvalue weighted by Crippen LogP contribution is 2.28. The van der Waals surface area contributed by atoms with Gasteiger partial charge in [0.1, 0.15) is 0 Å². The van der Waals surface area contributed by atoms with Gasteiger partial charge in [-0.2, -0.15) is 12.6 Å². The van der Waals surface area contributed by atoms with E-state index in [-0.39, 0.29) is 16.7 Å². The number of carboxylic acids is 1. The number of benzene rings is 1. The van der Waals surface area contributed by atoms with Gasteiger partial charge in [-0.25, -0.2) is 4.79 Å². The molecule has 2 rings (SSSR count). The quantitative estimate of drug-likeness (QED) is 0.822. The summed E-state index contributed by atoms with van der Waals surface area (Å²) in [5, 5.41) is 9.02. The van der Waals surface area contributed by atoms with Crippen LogP contribution in [0.3, 0.4) is 0 Å². The van der Waals surface area contributed by atoms with Gasteiger partial charge in [-0.3, -0.25) is 4.79 Å². The minimum atomic E-state index is -1.02. The number of amides is 1. The van der Waals surface area contributed by atoms with Crippen LogP contribution in [-0.4, -0.2) is 28.8 Å². The van der Waals surface area contributed by atoms with Gasteiger partial charge in [-0.15, -0.1) is 0 Å². The summed E-state index contributed by atoms with van der Waals surface area (Å²) < 4.78 is 0.503. The summed E-state index contributed by atoms with van der Waals surface area (Å²) in [5.41, 5.74) is 0.755. The molecular weight excluding hydrogens is 306 g/mol. The van der Waals surface area contributed by atoms with Crippen molar-refractivity contribution in [2.24, 2.45) is 0 Å². The van der Waals surface area contributed by atoms with Crippen molar-refractivity contribution in [1.82, 2.24) is 0 Å². The molecule has 1 aliphatic rings. The summed E-state index contributed by atoms with van der Waals surface area (Å²) in [7, 11) is 0. The Kier molecular flexibility index (Phi) is 3.44. The molecule has 4 nitrogen and oxygen atoms in total. The van der Waals surface area contributed by atoms with Crippen LogP contribution >= 0.6 is 28.6 Å². The second-order valence-electron chi connectivity index (χ2n) is 3.83. The Morgan fingerprint density at radius 1 is 1.53 bits per heavy atom. The molecule has 1 fully saturated rings. The fourth-order valence-electron chi connectivity index (χ4n) is 1.78. The van der Waals surface area contributed by atoms with E-state index >= 15 is 0 Å². The summed E-state index contributed by atoms with van der Waals surface area (Å²) in [6.07, 6.45) is 0.390. The first kappa shape index (κ1) is 12.4. The van der Waals surface area contributed by atoms with E-state index in [1.54, 1.807) is 17.0 Å². The van der Waals surface area contributed by atoms with Gasteiger partial charge in [0.2, 0.25) is 5.91 Å². The Balaban J connectivity index is 2.37. The lowest BCUT2D eigenvalue weighted by Gasteiger charge is -2.16. The first-order valence-corrected chi connectivity index (χ1v) is 6.31. The van der Waals surface area contributed by atoms with Gasteiger partial charge < -0.3 is 10.0 Å². The first-order chi connectivity index (χ1) is 7.99. The monoisotopic (exact) mass is 315 g/mol. The van der Waals surface area contributed by atoms with E-state index in [1.165, 1.54) is 6.07 Å². The van der Waals surface area contributed by atoms with Crippen LogP contribution in [0, 0.1) is 0 Å². The fraction of sp³-hybridized carbons (Fsp3) is 0.273. The van der Waals surface area contributed by atoms with Crippen molar-refractivity contribution >= 4 is 46.1 Å². The standard InChI is InChI=1S/C11H10BrNO3S/c12-9-2-1-6(3-8(9)11(15)16)13-5-7(17)4-10(13)14/h1-3,7,17H,4-5H2,(H,15,16). The predicted molar refractivity (Wildman–Crippen MR) is 70.8 cm³/mol. The van der Waals surface area contributed by atoms with Gasteiger partial charge in [0, 0.05) is 28.4 Å². The van der Waals surface area contributed by atoms with E-state index in [4.69, 9.17) is 5.11 Å². The number of hydrogen-bond acceptors (Lipinski definition) is 3. The van der Waals surface area contributed by atoms with Crippen LogP contribution in [0.2, 0.25) is 0 Å². The highest BCUT2D eigenvalue weighted by atomic mass is 79.9. The highest BCUT2D eigenvalue weighted by Gasteiger charge is 2.28. The van der Waals surface area contributed by atoms with Crippen molar-refractivity contribution in [3.8, 4) is 0 Å². The van der Waals surface area contributed by atoms with Crippen molar-refractivity contribution in [2.75, 3.05) is 11.4 Å². The maximum atomic E-state index is 11.7. The molecule has 17 heavy (non-hydrogen) atoms. The number of carboxylic acid groups (broad SMARTS) is 1. The van der Waals surface area contributed by atoms with Crippen LogP contribution in [0.15, 0.2) is 22.7 Å². The lowest BCUT2D eigenvalue weighted by molar-refractivity contribution is -0.117. The van der Waals surface area contributed by atoms with E-state index in [0.29, 0.717) is 23.1 Å². The van der Waals surface area contributed by atoms with Crippen molar-refractivity contribution in [2.45, 2.75) is 11.7 Å². The third-order valence-corrected chi connectivity index (χ3v) is 3.63. The van der Waals surface area contributed by atoms with Crippen LogP contribution in [0.4, 0.5) is 5.69 Å². The van der Waals surface area contributed by atoms with Crippen molar-refractivity contribution in [3.63, 3.8) is 0 Å². The van der Waals surface area contributed by atoms with Crippen LogP contribution in [0.25, 0.3) is 0 Å². The van der Waals surface area contributed by atoms with E-state index < -0.39 is 5.97 Å². The molecular formula is C11H10BrNO3S. The third-order valence-electron chi connectivity index (χ3n) is 2.60. The smallest absolute Gasteiger partial charge is 0.336 e. The zero-order valence-corrected chi connectivity index (χ0v) is 11.2. The summed E-state index contributed by atoms with van der Waals surface area (Å²) in [6, 6.07) is 4.86. The summed E-state index contributed by atoms with van der Waals surface area (Å²) in [6.45, 7) is 0.517. The average Bonchev–Trinajstić information content (AvgIpc) is 2.58. The number of aromatic carboxylic acids is 1. The topological polar surface area (TPSA) is 57.6 Å². The molecule has 1 heterocycles. The lowest BCUT2D eigenvalue weighted by atomic mass is 10.2. The molecule has 90 valence electrons. The van der Waals surface area contributed by atoms with E-state index in [9.17, 15) is 9.59 Å². The number of anilines is 1. The molecule has 1 aromatic rings. The Labute approximate surface area is 112 Å². The molecule has 1 saturated heterocycles. The normalized spacial score (nSPS) is 19.8. The molecule has 1 amide bonds. The van der Waals surface area contributed by atoms with Gasteiger partial charge in [-0.05, 0) is 34.1 Å². The molecule has 1 aromatic carbocycles. The maximum absolute atomic E-state index is 11.7. The summed E-state index contributed by atoms with van der Waals surface area (Å²) in [5.74, 6) is -1.04. The number of carbonyl (C=O) groups is 2. The van der Waals surface area contributed by atoms with Crippen molar-refractivity contribution in [3.05, 3.63) is 28.2 Å². The van der Waals surface area contributed by atoms with E-state index in [1.807, 2.05) is 0 Å². The number of nitrogens with zero attached hydrogens (tertiary/aromatic N) is 1. The van der Waals surface area contributed by atoms with E-state index in [0.717, 1.165) is 0 Å². The summed E-state index contributed by atoms with van der Waals surface area (Å²) >= 11 is 7.43. The molecule has 0 radical (unpaired) electrons. The largest absolute Gasteiger partial charge is 0.478 e. The van der Waals surface area contributed by atoms with Gasteiger partial charge in [0.15, 0.2) is 0 Å². The second-order valence-corrected chi connectivity index (χ2v) is 5.42. The van der Waals surface area contributed by atoms with Crippen molar-refractivity contribution in [1.29, 1.82) is 0 Å². The molecule has 1 unspecified atom stereocenters. The van der Waals surface area contributed by atoms with Gasteiger partial charge in [0.25, 0.3) is 0 Å². The van der Waals surface area contributed by atoms with Gasteiger partial charge >= 0.3 is 5.97 Å². The minimum absolute atomic E-state index is 0.0134. The molecule has 0 aromatic heterocycles. The second kappa shape index (κ2) is 4.70. The Hall–Kier alpha value is -1.01. The first-order valence-electron chi connectivity index (χ1n) is 5.00. The zero-order chi connectivity index (χ0) is 12.6. The Bertz CT molecular complexity index is 492. The van der Waals surface area contributed by atoms with Crippen LogP contribution in [-0.2, 0) is 4.79 Å². The zero-order valence-electron chi connectivity index (χ0n) is 8.76. The molecule has 1 N–H and O–H groups in total. The van der Waals surface area contributed by atoms with E-state index in [2.05, 4.69) is 28.6 Å². The number of thiol groups is 1. The maximum Gasteiger partial charge on any atom is 0.336 e. The number of rotatable bonds is 2. The number of halogens is 1. The van der Waals surface area contributed by atoms with Gasteiger partial charge in [-0.1, -0.05) is 0 Å². The SMILES string of the molecule is O=C(O)c1cc(N2CC(S)CC2=O)ccc1Br. The molecule has 0 aliphatic carbocycles. The minimum Gasteiger partial charge on any atom is -0.478 e. The molecule has 0 bridgehead atoms. The van der Waals surface area contributed by atoms with Crippen molar-refractivity contribution < 1.29 is 14.7 Å². The van der Waals surface area contributed by atoms with Crippen LogP contribution in [0.5, 0.6) is 0 Å². The number of hydrogen-bond donors (Lipinski definition) is 2. The Morgan fingerprint density at radius 2 is 2.24 bits per heavy atom. The molecule has 6 heteroatoms. The lowest BCUT2D eigenvalue weighted by Crippen LogP contribution is -2.24. The van der Waals surface area contributed by atoms with Crippen LogP contribution < -0.4 is 4.90 Å². The molecule has 1 atom stereocenters. The fourth-order valence-corrected chi connectivity index (χ4v) is 2.52. The summed E-state index contributed by atoms with van der Waals surface area (Å²) in [4.78, 5) is 24.2. The third kappa shape index (κ3) is 2.47. The predicted octanol–water partition coefficient (Wildman–Crippen LogP) is 2.18. The van der Waals surface area contributed by atoms with Gasteiger partial charge in [0.05, 0.1) is 5.56 Å². The number of carbonyl (C=O) groups excluding carboxylic acids is 1. The molecule has 0 saturated carbocycles.